The standard InChI is InChI=1S/C24H30FN3O6S/c1-17(18-7-5-4-6-8-18)26-23(29)27-12-11-24(22(25)16-27)28(13-14-34-24)35(30,31)19-9-10-20(32-2)21(15-19)33-3/h4-10,15,17,22H,11-14,16H2,1-3H3,(H,26,29)/t17-,22?,24?/m1/s1. The van der Waals surface area contributed by atoms with Gasteiger partial charge in [-0.15, -0.1) is 0 Å². The van der Waals surface area contributed by atoms with Crippen LogP contribution in [0.2, 0.25) is 0 Å². The number of methoxy groups -OCH3 is 2. The molecule has 0 aliphatic carbocycles. The number of hydrogen-bond acceptors (Lipinski definition) is 6. The van der Waals surface area contributed by atoms with Gasteiger partial charge in [0.05, 0.1) is 38.3 Å². The van der Waals surface area contributed by atoms with E-state index in [1.54, 1.807) is 0 Å². The molecule has 1 N–H and O–H groups in total. The number of carbonyl (C=O) groups excluding carboxylic acids is 1. The van der Waals surface area contributed by atoms with Crippen molar-refractivity contribution in [3.8, 4) is 11.5 Å². The molecule has 2 heterocycles. The fourth-order valence-corrected chi connectivity index (χ4v) is 6.33. The van der Waals surface area contributed by atoms with Crippen LogP contribution in [0.15, 0.2) is 53.4 Å². The van der Waals surface area contributed by atoms with E-state index in [1.807, 2.05) is 37.3 Å². The Morgan fingerprint density at radius 1 is 1.14 bits per heavy atom. The second-order valence-electron chi connectivity index (χ2n) is 8.53. The van der Waals surface area contributed by atoms with Gasteiger partial charge in [-0.25, -0.2) is 17.6 Å². The van der Waals surface area contributed by atoms with Crippen molar-refractivity contribution in [1.29, 1.82) is 0 Å². The Balaban J connectivity index is 1.50. The minimum absolute atomic E-state index is 0.00776. The third-order valence-electron chi connectivity index (χ3n) is 6.55. The van der Waals surface area contributed by atoms with Gasteiger partial charge in [-0.2, -0.15) is 4.31 Å². The zero-order valence-corrected chi connectivity index (χ0v) is 20.8. The summed E-state index contributed by atoms with van der Waals surface area (Å²) in [4.78, 5) is 14.1. The number of nitrogens with zero attached hydrogens (tertiary/aromatic N) is 2. The number of likely N-dealkylation sites (tertiary alicyclic amines) is 1. The maximum Gasteiger partial charge on any atom is 0.317 e. The molecule has 2 aromatic carbocycles. The molecule has 1 spiro atoms. The largest absolute Gasteiger partial charge is 0.493 e. The molecule has 2 fully saturated rings. The predicted molar refractivity (Wildman–Crippen MR) is 127 cm³/mol. The van der Waals surface area contributed by atoms with Gasteiger partial charge in [0.2, 0.25) is 10.0 Å². The van der Waals surface area contributed by atoms with Gasteiger partial charge < -0.3 is 24.4 Å². The number of benzene rings is 2. The summed E-state index contributed by atoms with van der Waals surface area (Å²) in [6.45, 7) is 1.78. The first kappa shape index (κ1) is 25.2. The molecular formula is C24H30FN3O6S. The third-order valence-corrected chi connectivity index (χ3v) is 8.47. The van der Waals surface area contributed by atoms with E-state index in [2.05, 4.69) is 5.32 Å². The number of hydrogen-bond donors (Lipinski definition) is 1. The van der Waals surface area contributed by atoms with Crippen LogP contribution in [0.4, 0.5) is 9.18 Å². The van der Waals surface area contributed by atoms with Crippen LogP contribution in [0.3, 0.4) is 0 Å². The lowest BCUT2D eigenvalue weighted by Crippen LogP contribution is -2.63. The Bertz CT molecular complexity index is 1170. The van der Waals surface area contributed by atoms with Crippen molar-refractivity contribution in [2.75, 3.05) is 40.5 Å². The molecule has 0 saturated carbocycles. The minimum Gasteiger partial charge on any atom is -0.493 e. The molecule has 0 radical (unpaired) electrons. The smallest absolute Gasteiger partial charge is 0.317 e. The summed E-state index contributed by atoms with van der Waals surface area (Å²) >= 11 is 0. The molecule has 11 heteroatoms. The van der Waals surface area contributed by atoms with Crippen LogP contribution in [0, 0.1) is 0 Å². The van der Waals surface area contributed by atoms with Crippen molar-refractivity contribution in [3.05, 3.63) is 54.1 Å². The number of sulfonamides is 1. The maximum atomic E-state index is 15.7. The molecule has 190 valence electrons. The molecule has 0 aromatic heterocycles. The predicted octanol–water partition coefficient (Wildman–Crippen LogP) is 2.94. The normalized spacial score (nSPS) is 23.8. The molecule has 2 aromatic rings. The third kappa shape index (κ3) is 4.67. The lowest BCUT2D eigenvalue weighted by molar-refractivity contribution is -0.135. The lowest BCUT2D eigenvalue weighted by Gasteiger charge is -2.45. The maximum absolute atomic E-state index is 15.7. The average molecular weight is 508 g/mol. The van der Waals surface area contributed by atoms with Crippen molar-refractivity contribution in [3.63, 3.8) is 0 Å². The van der Waals surface area contributed by atoms with Crippen LogP contribution < -0.4 is 14.8 Å². The van der Waals surface area contributed by atoms with E-state index in [1.165, 1.54) is 37.3 Å². The van der Waals surface area contributed by atoms with E-state index in [-0.39, 0.29) is 49.3 Å². The Morgan fingerprint density at radius 3 is 2.51 bits per heavy atom. The van der Waals surface area contributed by atoms with Crippen molar-refractivity contribution in [2.24, 2.45) is 0 Å². The van der Waals surface area contributed by atoms with Crippen LogP contribution in [-0.4, -0.2) is 76.0 Å². The highest BCUT2D eigenvalue weighted by Crippen LogP contribution is 2.41. The summed E-state index contributed by atoms with van der Waals surface area (Å²) in [6.07, 6.45) is -1.72. The minimum atomic E-state index is -4.12. The van der Waals surface area contributed by atoms with Gasteiger partial charge in [0, 0.05) is 25.6 Å². The number of ether oxygens (including phenoxy) is 3. The second-order valence-corrected chi connectivity index (χ2v) is 10.4. The Kier molecular flexibility index (Phi) is 7.20. The van der Waals surface area contributed by atoms with Crippen molar-refractivity contribution < 1.29 is 31.8 Å². The molecule has 2 unspecified atom stereocenters. The molecule has 4 rings (SSSR count). The zero-order chi connectivity index (χ0) is 25.2. The van der Waals surface area contributed by atoms with Crippen LogP contribution in [0.5, 0.6) is 11.5 Å². The summed E-state index contributed by atoms with van der Waals surface area (Å²) in [5, 5.41) is 2.88. The van der Waals surface area contributed by atoms with Gasteiger partial charge >= 0.3 is 6.03 Å². The van der Waals surface area contributed by atoms with Crippen molar-refractivity contribution in [2.45, 2.75) is 36.2 Å². The number of urea groups is 1. The van der Waals surface area contributed by atoms with E-state index in [4.69, 9.17) is 14.2 Å². The first-order valence-electron chi connectivity index (χ1n) is 11.4. The lowest BCUT2D eigenvalue weighted by atomic mass is 9.99. The number of amides is 2. The summed E-state index contributed by atoms with van der Waals surface area (Å²) in [7, 11) is -1.26. The topological polar surface area (TPSA) is 97.4 Å². The van der Waals surface area contributed by atoms with E-state index in [0.717, 1.165) is 9.87 Å². The zero-order valence-electron chi connectivity index (χ0n) is 19.9. The molecule has 9 nitrogen and oxygen atoms in total. The van der Waals surface area contributed by atoms with Gasteiger partial charge in [0.25, 0.3) is 0 Å². The number of halogens is 1. The second kappa shape index (κ2) is 10.00. The van der Waals surface area contributed by atoms with Crippen molar-refractivity contribution >= 4 is 16.1 Å². The van der Waals surface area contributed by atoms with Crippen LogP contribution in [0.1, 0.15) is 24.9 Å². The van der Waals surface area contributed by atoms with Crippen LogP contribution in [0.25, 0.3) is 0 Å². The highest BCUT2D eigenvalue weighted by atomic mass is 32.2. The number of nitrogens with one attached hydrogen (secondary N) is 1. The number of rotatable bonds is 6. The van der Waals surface area contributed by atoms with Crippen LogP contribution in [-0.2, 0) is 14.8 Å². The summed E-state index contributed by atoms with van der Waals surface area (Å²) in [6, 6.07) is 13.0. The van der Waals surface area contributed by atoms with Gasteiger partial charge in [0.15, 0.2) is 23.4 Å². The fraction of sp³-hybridized carbons (Fsp3) is 0.458. The molecular weight excluding hydrogens is 477 g/mol. The van der Waals surface area contributed by atoms with E-state index in [9.17, 15) is 13.2 Å². The molecule has 2 amide bonds. The van der Waals surface area contributed by atoms with Crippen LogP contribution >= 0.6 is 0 Å². The van der Waals surface area contributed by atoms with Crippen molar-refractivity contribution in [1.82, 2.24) is 14.5 Å². The van der Waals surface area contributed by atoms with Gasteiger partial charge in [-0.05, 0) is 24.6 Å². The molecule has 35 heavy (non-hydrogen) atoms. The van der Waals surface area contributed by atoms with E-state index >= 15 is 4.39 Å². The highest BCUT2D eigenvalue weighted by molar-refractivity contribution is 7.89. The number of carbonyl (C=O) groups is 1. The van der Waals surface area contributed by atoms with Gasteiger partial charge in [0.1, 0.15) is 0 Å². The SMILES string of the molecule is COc1ccc(S(=O)(=O)N2CCOC23CCN(C(=O)N[C@H](C)c2ccccc2)CC3F)cc1OC. The summed E-state index contributed by atoms with van der Waals surface area (Å²) in [5.41, 5.74) is -0.745. The number of alkyl halides is 1. The molecule has 2 aliphatic heterocycles. The fourth-order valence-electron chi connectivity index (χ4n) is 4.60. The molecule has 3 atom stereocenters. The monoisotopic (exact) mass is 507 g/mol. The van der Waals surface area contributed by atoms with Gasteiger partial charge in [-0.3, -0.25) is 0 Å². The highest BCUT2D eigenvalue weighted by Gasteiger charge is 2.57. The van der Waals surface area contributed by atoms with E-state index in [0.29, 0.717) is 5.75 Å². The molecule has 0 bridgehead atoms. The Labute approximate surface area is 204 Å². The van der Waals surface area contributed by atoms with E-state index < -0.39 is 28.0 Å². The Hall–Kier alpha value is -2.89. The van der Waals surface area contributed by atoms with Gasteiger partial charge in [-0.1, -0.05) is 30.3 Å². The number of piperidine rings is 1. The molecule has 2 saturated heterocycles. The first-order chi connectivity index (χ1) is 16.7. The Morgan fingerprint density at radius 2 is 1.86 bits per heavy atom. The quantitative estimate of drug-likeness (QED) is 0.646. The first-order valence-corrected chi connectivity index (χ1v) is 12.8. The average Bonchev–Trinajstić information content (AvgIpc) is 3.31. The molecule has 2 aliphatic rings. The summed E-state index contributed by atoms with van der Waals surface area (Å²) < 4.78 is 60.0. The summed E-state index contributed by atoms with van der Waals surface area (Å²) in [5.74, 6) is 0.629.